The Morgan fingerprint density at radius 2 is 1.57 bits per heavy atom. The van der Waals surface area contributed by atoms with E-state index in [1.54, 1.807) is 62.4 Å². The summed E-state index contributed by atoms with van der Waals surface area (Å²) in [4.78, 5) is 40.0. The number of phenols is 1. The van der Waals surface area contributed by atoms with E-state index < -0.39 is 84.2 Å². The van der Waals surface area contributed by atoms with Crippen LogP contribution in [-0.2, 0) is 55.6 Å². The molecular weight excluding hydrogens is 869 g/mol. The zero-order valence-electron chi connectivity index (χ0n) is 34.9. The number of aliphatic hydroxyl groups excluding tert-OH is 1. The Kier molecular flexibility index (Phi) is 15.4. The normalized spacial score (nSPS) is 34.8. The Morgan fingerprint density at radius 3 is 2.21 bits per heavy atom. The highest BCUT2D eigenvalue weighted by Gasteiger charge is 2.67. The topological polar surface area (TPSA) is 250 Å². The lowest BCUT2D eigenvalue weighted by molar-refractivity contribution is -0.778. The van der Waals surface area contributed by atoms with Crippen LogP contribution in [0.4, 0.5) is 0 Å². The third kappa shape index (κ3) is 10.1. The smallest absolute Gasteiger partial charge is 0.338 e. The minimum atomic E-state index is -1.53. The molecule has 0 aromatic heterocycles. The Labute approximate surface area is 372 Å². The van der Waals surface area contributed by atoms with Gasteiger partial charge in [-0.25, -0.2) is 4.79 Å². The molecule has 1 saturated heterocycles. The Balaban J connectivity index is 1.19. The number of benzene rings is 2. The molecule has 8 unspecified atom stereocenters. The zero-order valence-corrected chi connectivity index (χ0v) is 36.5. The Morgan fingerprint density at radius 1 is 0.921 bits per heavy atom. The van der Waals surface area contributed by atoms with Crippen molar-refractivity contribution in [1.29, 1.82) is 0 Å². The highest BCUT2D eigenvalue weighted by atomic mass is 32.2. The maximum absolute atomic E-state index is 13.5. The van der Waals surface area contributed by atoms with Crippen molar-refractivity contribution < 1.29 is 86.3 Å². The molecule has 13 atom stereocenters. The molecule has 1 aliphatic heterocycles. The van der Waals surface area contributed by atoms with Gasteiger partial charge in [0, 0.05) is 11.8 Å². The molecule has 1 heterocycles. The number of rotatable bonds is 18. The lowest BCUT2D eigenvalue weighted by Crippen LogP contribution is -2.63. The van der Waals surface area contributed by atoms with Gasteiger partial charge >= 0.3 is 17.9 Å². The fraction of sp³-hybridized carbons (Fsp3) is 0.605. The summed E-state index contributed by atoms with van der Waals surface area (Å²) in [5.41, 5.74) is 1.53. The zero-order chi connectivity index (χ0) is 45.1. The quantitative estimate of drug-likeness (QED) is 0.0343. The predicted molar refractivity (Wildman–Crippen MR) is 216 cm³/mol. The minimum absolute atomic E-state index is 0.0356. The molecule has 2 aromatic rings. The van der Waals surface area contributed by atoms with Gasteiger partial charge in [-0.1, -0.05) is 51.6 Å². The van der Waals surface area contributed by atoms with Gasteiger partial charge < -0.3 is 44.8 Å². The number of phenolic OH excluding ortho intramolecular Hbond substituents is 1. The summed E-state index contributed by atoms with van der Waals surface area (Å²) in [6.45, 7) is 9.40. The van der Waals surface area contributed by atoms with Gasteiger partial charge in [0.2, 0.25) is 0 Å². The van der Waals surface area contributed by atoms with Crippen LogP contribution in [0.1, 0.15) is 82.5 Å². The molecule has 0 radical (unpaired) electrons. The van der Waals surface area contributed by atoms with Gasteiger partial charge in [-0.2, -0.15) is 0 Å². The standard InChI is InChI=1S/C43H54O18S2/c1-22(2)17-34(45)55-37-36(57-63-61-59-51)35(56-62-60-58-50)32(21-52-40(49)26-7-5-24(6-8-26)25-9-12-28(44)13-10-25)54-41(37)53-29-18-30(39(47)48)31-15-16-43-19-27(23(3)38(43)46)11-14-33(43)42(31,4)20-29/h5-10,12-13,22,27,29-33,35-38,41,44,46,50-51H,3,11,14-21H2,1-2,4H3,(H,47,48)/p-2/t27?,29?,30?,31?,32-,33?,35+,36-,37?,38-,41+,42?,43?/m0/s1. The maximum atomic E-state index is 13.5. The molecule has 7 rings (SSSR count). The molecular formula is C43H52O18S2-2. The van der Waals surface area contributed by atoms with Gasteiger partial charge in [0.15, 0.2) is 37.0 Å². The Bertz CT molecular complexity index is 1920. The van der Waals surface area contributed by atoms with Gasteiger partial charge in [0.05, 0.1) is 23.7 Å². The van der Waals surface area contributed by atoms with Gasteiger partial charge in [-0.3, -0.25) is 28.0 Å². The number of aliphatic carboxylic acids is 1. The average Bonchev–Trinajstić information content (AvgIpc) is 3.42. The molecule has 1 spiro atoms. The predicted octanol–water partition coefficient (Wildman–Crippen LogP) is 4.87. The number of fused-ring (bicyclic) bond motifs is 3. The molecule has 18 nitrogen and oxygen atoms in total. The number of carboxylic acid groups (broad SMARTS) is 1. The number of hydrogen-bond acceptors (Lipinski definition) is 19. The van der Waals surface area contributed by atoms with E-state index in [0.717, 1.165) is 36.0 Å². The summed E-state index contributed by atoms with van der Waals surface area (Å²) in [5.74, 6) is -3.36. The molecule has 346 valence electrons. The second-order valence-corrected chi connectivity index (χ2v) is 18.8. The number of esters is 2. The fourth-order valence-corrected chi connectivity index (χ4v) is 12.1. The molecule has 4 aliphatic carbocycles. The van der Waals surface area contributed by atoms with Crippen LogP contribution >= 0.6 is 24.6 Å². The largest absolute Gasteiger partial charge is 0.691 e. The first kappa shape index (κ1) is 47.6. The summed E-state index contributed by atoms with van der Waals surface area (Å²) in [6, 6.07) is 13.0. The number of hydrogen-bond donors (Lipinski definition) is 3. The highest BCUT2D eigenvalue weighted by molar-refractivity contribution is 7.90. The van der Waals surface area contributed by atoms with Gasteiger partial charge in [-0.15, -0.1) is 8.67 Å². The van der Waals surface area contributed by atoms with E-state index in [1.165, 1.54) is 0 Å². The van der Waals surface area contributed by atoms with Crippen molar-refractivity contribution >= 4 is 42.6 Å². The molecule has 0 amide bonds. The third-order valence-corrected chi connectivity index (χ3v) is 14.8. The van der Waals surface area contributed by atoms with E-state index in [2.05, 4.69) is 32.2 Å². The average molecular weight is 921 g/mol. The third-order valence-electron chi connectivity index (χ3n) is 14.0. The van der Waals surface area contributed by atoms with E-state index in [0.29, 0.717) is 19.3 Å². The summed E-state index contributed by atoms with van der Waals surface area (Å²) < 4.78 is 45.3. The molecule has 5 aliphatic rings. The van der Waals surface area contributed by atoms with Crippen LogP contribution in [0.3, 0.4) is 0 Å². The van der Waals surface area contributed by atoms with Crippen molar-refractivity contribution in [2.45, 2.75) is 115 Å². The first-order valence-electron chi connectivity index (χ1n) is 20.9. The van der Waals surface area contributed by atoms with Crippen LogP contribution in [0.2, 0.25) is 0 Å². The number of aliphatic hydroxyl groups is 1. The van der Waals surface area contributed by atoms with Gasteiger partial charge in [-0.05, 0) is 115 Å². The van der Waals surface area contributed by atoms with E-state index in [9.17, 15) is 40.2 Å². The van der Waals surface area contributed by atoms with Crippen LogP contribution in [0.5, 0.6) is 5.75 Å². The summed E-state index contributed by atoms with van der Waals surface area (Å²) in [6.07, 6.45) is -4.70. The van der Waals surface area contributed by atoms with E-state index in [4.69, 9.17) is 27.3 Å². The molecule has 3 N–H and O–H groups in total. The van der Waals surface area contributed by atoms with E-state index in [-0.39, 0.29) is 72.5 Å². The molecule has 63 heavy (non-hydrogen) atoms. The van der Waals surface area contributed by atoms with E-state index >= 15 is 0 Å². The molecule has 4 saturated carbocycles. The maximum Gasteiger partial charge on any atom is 0.338 e. The second kappa shape index (κ2) is 20.4. The highest BCUT2D eigenvalue weighted by Crippen LogP contribution is 2.70. The Hall–Kier alpha value is -3.35. The lowest BCUT2D eigenvalue weighted by Gasteiger charge is -2.62. The van der Waals surface area contributed by atoms with Crippen molar-refractivity contribution in [2.75, 3.05) is 6.61 Å². The van der Waals surface area contributed by atoms with Crippen molar-refractivity contribution in [3.05, 3.63) is 66.2 Å². The van der Waals surface area contributed by atoms with Crippen molar-refractivity contribution in [2.24, 2.45) is 40.4 Å². The molecule has 2 aromatic carbocycles. The number of carbonyl (C=O) groups excluding carboxylic acids is 2. The van der Waals surface area contributed by atoms with Crippen molar-refractivity contribution in [1.82, 2.24) is 0 Å². The van der Waals surface area contributed by atoms with Crippen molar-refractivity contribution in [3.63, 3.8) is 0 Å². The van der Waals surface area contributed by atoms with Crippen LogP contribution in [0.25, 0.3) is 11.1 Å². The number of carbonyl (C=O) groups is 3. The SMILES string of the molecule is C=C1C2CCC3C4(C)CC(O[C@@H]5O[C@@H](COC(=O)c6ccc(-c7ccc(O)cc7)cc6)[C@@H](OSOO[O-])[C@H](OSOO[O-])C5OC(=O)CC(C)C)CC(C(=O)O)C4CCC3(C2)[C@H]1O. The van der Waals surface area contributed by atoms with Crippen LogP contribution in [0, 0.1) is 40.4 Å². The first-order chi connectivity index (χ1) is 30.2. The lowest BCUT2D eigenvalue weighted by atomic mass is 9.43. The van der Waals surface area contributed by atoms with Gasteiger partial charge in [0.1, 0.15) is 30.7 Å². The van der Waals surface area contributed by atoms with Crippen molar-refractivity contribution in [3.8, 4) is 16.9 Å². The van der Waals surface area contributed by atoms with Crippen LogP contribution in [-0.4, -0.2) is 82.7 Å². The summed E-state index contributed by atoms with van der Waals surface area (Å²) in [5, 5.41) is 60.7. The molecule has 5 fully saturated rings. The first-order valence-corrected chi connectivity index (χ1v) is 22.3. The number of ether oxygens (including phenoxy) is 4. The number of carboxylic acids is 1. The minimum Gasteiger partial charge on any atom is -0.691 e. The second-order valence-electron chi connectivity index (χ2n) is 17.9. The molecule has 2 bridgehead atoms. The molecule has 20 heteroatoms. The van der Waals surface area contributed by atoms with E-state index in [1.807, 2.05) is 0 Å². The summed E-state index contributed by atoms with van der Waals surface area (Å²) in [7, 11) is 0. The van der Waals surface area contributed by atoms with Crippen LogP contribution in [0.15, 0.2) is 60.7 Å². The summed E-state index contributed by atoms with van der Waals surface area (Å²) >= 11 is 0.136. The number of aromatic hydroxyl groups is 1. The monoisotopic (exact) mass is 920 g/mol. The van der Waals surface area contributed by atoms with Crippen LogP contribution < -0.4 is 10.5 Å². The van der Waals surface area contributed by atoms with Gasteiger partial charge in [0.25, 0.3) is 0 Å². The fourth-order valence-electron chi connectivity index (χ4n) is 11.4.